The highest BCUT2D eigenvalue weighted by Gasteiger charge is 2.27. The Bertz CT molecular complexity index is 241. The van der Waals surface area contributed by atoms with Crippen LogP contribution in [0.15, 0.2) is 0 Å². The largest absolute Gasteiger partial charge is 0.312 e. The van der Waals surface area contributed by atoms with E-state index in [1.165, 1.54) is 0 Å². The molecule has 0 radical (unpaired) electrons. The molecule has 2 rings (SSSR count). The summed E-state index contributed by atoms with van der Waals surface area (Å²) >= 11 is 0. The topological polar surface area (TPSA) is 124 Å². The molecule has 0 aromatic rings. The van der Waals surface area contributed by atoms with Gasteiger partial charge in [0, 0.05) is 65.4 Å². The fraction of sp³-hybridized carbons (Fsp3) is 1.00. The van der Waals surface area contributed by atoms with Crippen molar-refractivity contribution in [3.8, 4) is 0 Å². The smallest absolute Gasteiger partial charge is 0.0918 e. The van der Waals surface area contributed by atoms with Crippen LogP contribution in [-0.2, 0) is 0 Å². The van der Waals surface area contributed by atoms with Crippen LogP contribution in [0.2, 0.25) is 0 Å². The third kappa shape index (κ3) is 5.23. The van der Waals surface area contributed by atoms with E-state index in [4.69, 9.17) is 11.5 Å². The molecule has 0 unspecified atom stereocenters. The number of hydrogen-bond donors (Lipinski definition) is 8. The molecule has 0 spiro atoms. The number of nitrogens with one attached hydrogen (secondary N) is 6. The summed E-state index contributed by atoms with van der Waals surface area (Å²) in [4.78, 5) is 0. The van der Waals surface area contributed by atoms with Gasteiger partial charge in [0.1, 0.15) is 0 Å². The molecule has 2 aliphatic heterocycles. The molecule has 2 saturated heterocycles. The van der Waals surface area contributed by atoms with Gasteiger partial charge in [-0.1, -0.05) is 0 Å². The zero-order chi connectivity index (χ0) is 14.3. The first-order valence-electron chi connectivity index (χ1n) is 7.53. The van der Waals surface area contributed by atoms with Crippen LogP contribution < -0.4 is 43.4 Å². The van der Waals surface area contributed by atoms with Crippen LogP contribution in [0.3, 0.4) is 0 Å². The minimum Gasteiger partial charge on any atom is -0.312 e. The first-order valence-corrected chi connectivity index (χ1v) is 7.53. The average molecular weight is 286 g/mol. The van der Waals surface area contributed by atoms with Crippen molar-refractivity contribution in [1.82, 2.24) is 31.9 Å². The first-order chi connectivity index (χ1) is 9.62. The lowest BCUT2D eigenvalue weighted by Crippen LogP contribution is -2.70. The SMILES string of the molecule is NC12CNCCNCC(N)(CNCCNC1)NCCN2. The van der Waals surface area contributed by atoms with Crippen molar-refractivity contribution in [2.24, 2.45) is 11.5 Å². The zero-order valence-electron chi connectivity index (χ0n) is 12.2. The highest BCUT2D eigenvalue weighted by Crippen LogP contribution is 1.96. The summed E-state index contributed by atoms with van der Waals surface area (Å²) in [6.07, 6.45) is 0. The lowest BCUT2D eigenvalue weighted by Gasteiger charge is -2.36. The molecule has 2 aliphatic rings. The normalized spacial score (nSPS) is 38.7. The van der Waals surface area contributed by atoms with Crippen molar-refractivity contribution in [1.29, 1.82) is 0 Å². The second kappa shape index (κ2) is 7.62. The monoisotopic (exact) mass is 286 g/mol. The van der Waals surface area contributed by atoms with Crippen molar-refractivity contribution in [2.75, 3.05) is 65.4 Å². The van der Waals surface area contributed by atoms with Crippen LogP contribution in [0.5, 0.6) is 0 Å². The van der Waals surface area contributed by atoms with E-state index in [1.54, 1.807) is 0 Å². The molecule has 8 heteroatoms. The Kier molecular flexibility index (Phi) is 6.12. The molecule has 0 amide bonds. The molecular formula is C12H30N8. The summed E-state index contributed by atoms with van der Waals surface area (Å²) in [7, 11) is 0. The standard InChI is InChI=1S/C12H30N8/c13-11-7-15-1-2-16-8-12(14,20-6-5-19-11)10-18-4-3-17-9-11/h15-20H,1-10,13-14H2. The van der Waals surface area contributed by atoms with Crippen molar-refractivity contribution in [3.63, 3.8) is 0 Å². The molecule has 0 saturated carbocycles. The summed E-state index contributed by atoms with van der Waals surface area (Å²) in [6, 6.07) is 0. The molecule has 20 heavy (non-hydrogen) atoms. The van der Waals surface area contributed by atoms with E-state index in [0.29, 0.717) is 0 Å². The predicted molar refractivity (Wildman–Crippen MR) is 81.3 cm³/mol. The van der Waals surface area contributed by atoms with Gasteiger partial charge in [-0.15, -0.1) is 0 Å². The van der Waals surface area contributed by atoms with Gasteiger partial charge < -0.3 is 32.7 Å². The number of nitrogens with two attached hydrogens (primary N) is 2. The maximum absolute atomic E-state index is 6.43. The van der Waals surface area contributed by atoms with Gasteiger partial charge in [0.15, 0.2) is 0 Å². The van der Waals surface area contributed by atoms with E-state index < -0.39 is 11.3 Å². The molecule has 10 N–H and O–H groups in total. The summed E-state index contributed by atoms with van der Waals surface area (Å²) in [5, 5.41) is 20.5. The Morgan fingerprint density at radius 1 is 0.500 bits per heavy atom. The summed E-state index contributed by atoms with van der Waals surface area (Å²) in [5.74, 6) is 0. The highest BCUT2D eigenvalue weighted by atomic mass is 15.2. The maximum atomic E-state index is 6.43. The van der Waals surface area contributed by atoms with E-state index >= 15 is 0 Å². The van der Waals surface area contributed by atoms with E-state index in [9.17, 15) is 0 Å². The Labute approximate surface area is 121 Å². The van der Waals surface area contributed by atoms with Crippen molar-refractivity contribution < 1.29 is 0 Å². The van der Waals surface area contributed by atoms with E-state index in [1.807, 2.05) is 0 Å². The summed E-state index contributed by atoms with van der Waals surface area (Å²) in [6.45, 7) is 8.05. The second-order valence-electron chi connectivity index (χ2n) is 5.87. The van der Waals surface area contributed by atoms with Gasteiger partial charge in [-0.05, 0) is 0 Å². The minimum atomic E-state index is -0.433. The van der Waals surface area contributed by atoms with Gasteiger partial charge in [-0.25, -0.2) is 0 Å². The average Bonchev–Trinajstić information content (AvgIpc) is 2.41. The molecule has 0 aromatic heterocycles. The summed E-state index contributed by atoms with van der Waals surface area (Å²) < 4.78 is 0. The second-order valence-corrected chi connectivity index (χ2v) is 5.87. The predicted octanol–water partition coefficient (Wildman–Crippen LogP) is -4.14. The zero-order valence-corrected chi connectivity index (χ0v) is 12.2. The third-order valence-corrected chi connectivity index (χ3v) is 3.80. The fourth-order valence-corrected chi connectivity index (χ4v) is 2.60. The number of hydrogen-bond acceptors (Lipinski definition) is 8. The van der Waals surface area contributed by atoms with Crippen LogP contribution in [-0.4, -0.2) is 76.8 Å². The highest BCUT2D eigenvalue weighted by molar-refractivity contribution is 4.91. The third-order valence-electron chi connectivity index (χ3n) is 3.80. The van der Waals surface area contributed by atoms with Crippen LogP contribution in [0, 0.1) is 0 Å². The molecule has 0 aliphatic carbocycles. The molecule has 2 bridgehead atoms. The molecule has 0 aromatic carbocycles. The van der Waals surface area contributed by atoms with Crippen LogP contribution in [0.4, 0.5) is 0 Å². The Hall–Kier alpha value is -0.320. The lowest BCUT2D eigenvalue weighted by molar-refractivity contribution is 0.256. The molecular weight excluding hydrogens is 256 g/mol. The van der Waals surface area contributed by atoms with E-state index in [2.05, 4.69) is 31.9 Å². The van der Waals surface area contributed by atoms with Crippen molar-refractivity contribution in [3.05, 3.63) is 0 Å². The molecule has 8 nitrogen and oxygen atoms in total. The van der Waals surface area contributed by atoms with Gasteiger partial charge in [0.2, 0.25) is 0 Å². The summed E-state index contributed by atoms with van der Waals surface area (Å²) in [5.41, 5.74) is 12.0. The molecule has 118 valence electrons. The van der Waals surface area contributed by atoms with Gasteiger partial charge in [0.05, 0.1) is 11.3 Å². The van der Waals surface area contributed by atoms with E-state index in [-0.39, 0.29) is 0 Å². The van der Waals surface area contributed by atoms with Crippen LogP contribution >= 0.6 is 0 Å². The van der Waals surface area contributed by atoms with E-state index in [0.717, 1.165) is 65.4 Å². The number of rotatable bonds is 0. The first kappa shape index (κ1) is 16.1. The van der Waals surface area contributed by atoms with Gasteiger partial charge >= 0.3 is 0 Å². The number of fused-ring (bicyclic) bond motifs is 5. The Balaban J connectivity index is 2.04. The van der Waals surface area contributed by atoms with Gasteiger partial charge in [-0.2, -0.15) is 0 Å². The molecule has 0 atom stereocenters. The maximum Gasteiger partial charge on any atom is 0.0918 e. The lowest BCUT2D eigenvalue weighted by atomic mass is 10.1. The minimum absolute atomic E-state index is 0.433. The van der Waals surface area contributed by atoms with Crippen LogP contribution in [0.25, 0.3) is 0 Å². The van der Waals surface area contributed by atoms with Gasteiger partial charge in [0.25, 0.3) is 0 Å². The Morgan fingerprint density at radius 3 is 1.10 bits per heavy atom. The Morgan fingerprint density at radius 2 is 0.800 bits per heavy atom. The van der Waals surface area contributed by atoms with Crippen LogP contribution in [0.1, 0.15) is 0 Å². The van der Waals surface area contributed by atoms with Crippen molar-refractivity contribution in [2.45, 2.75) is 11.3 Å². The quantitative estimate of drug-likeness (QED) is 0.226. The van der Waals surface area contributed by atoms with Crippen molar-refractivity contribution >= 4 is 0 Å². The molecule has 2 heterocycles. The van der Waals surface area contributed by atoms with Gasteiger partial charge in [-0.3, -0.25) is 10.6 Å². The molecule has 2 fully saturated rings. The fourth-order valence-electron chi connectivity index (χ4n) is 2.60.